The largest absolute Gasteiger partial charge is 0.319 e. The molecule has 1 saturated carbocycles. The molecule has 0 aromatic heterocycles. The fourth-order valence-electron chi connectivity index (χ4n) is 4.14. The van der Waals surface area contributed by atoms with Crippen molar-refractivity contribution in [3.8, 4) is 0 Å². The lowest BCUT2D eigenvalue weighted by Crippen LogP contribution is -2.49. The lowest BCUT2D eigenvalue weighted by atomic mass is 9.73. The van der Waals surface area contributed by atoms with E-state index in [1.165, 1.54) is 71.1 Å². The van der Waals surface area contributed by atoms with E-state index in [9.17, 15) is 0 Å². The number of rotatable bonds is 5. The third-order valence-electron chi connectivity index (χ3n) is 5.31. The van der Waals surface area contributed by atoms with Crippen LogP contribution in [0.4, 0.5) is 0 Å². The van der Waals surface area contributed by atoms with Crippen LogP contribution in [0.5, 0.6) is 0 Å². The van der Waals surface area contributed by atoms with E-state index in [0.717, 1.165) is 6.04 Å². The molecule has 2 rings (SSSR count). The fraction of sp³-hybridized carbons (Fsp3) is 1.00. The van der Waals surface area contributed by atoms with Crippen LogP contribution >= 0.6 is 0 Å². The van der Waals surface area contributed by atoms with Gasteiger partial charge in [-0.25, -0.2) is 0 Å². The summed E-state index contributed by atoms with van der Waals surface area (Å²) < 4.78 is 0. The van der Waals surface area contributed by atoms with Gasteiger partial charge in [0.1, 0.15) is 0 Å². The molecule has 0 aromatic carbocycles. The van der Waals surface area contributed by atoms with Gasteiger partial charge in [-0.05, 0) is 65.3 Å². The first-order valence-corrected chi connectivity index (χ1v) is 8.19. The highest BCUT2D eigenvalue weighted by atomic mass is 15.2. The maximum absolute atomic E-state index is 3.46. The highest BCUT2D eigenvalue weighted by Crippen LogP contribution is 2.37. The summed E-state index contributed by atoms with van der Waals surface area (Å²) in [5.41, 5.74) is 0.567. The van der Waals surface area contributed by atoms with E-state index < -0.39 is 0 Å². The Morgan fingerprint density at radius 1 is 1.11 bits per heavy atom. The Labute approximate surface area is 119 Å². The predicted molar refractivity (Wildman–Crippen MR) is 82.6 cm³/mol. The third kappa shape index (κ3) is 4.17. The van der Waals surface area contributed by atoms with Crippen molar-refractivity contribution in [1.82, 2.24) is 15.1 Å². The summed E-state index contributed by atoms with van der Waals surface area (Å²) in [6, 6.07) is 0.808. The van der Waals surface area contributed by atoms with Crippen molar-refractivity contribution in [2.45, 2.75) is 51.0 Å². The van der Waals surface area contributed by atoms with Gasteiger partial charge in [0, 0.05) is 19.1 Å². The lowest BCUT2D eigenvalue weighted by molar-refractivity contribution is 0.0703. The van der Waals surface area contributed by atoms with Gasteiger partial charge >= 0.3 is 0 Å². The molecule has 1 saturated heterocycles. The molecule has 0 aromatic rings. The molecule has 19 heavy (non-hydrogen) atoms. The highest BCUT2D eigenvalue weighted by Gasteiger charge is 2.34. The molecule has 0 atom stereocenters. The zero-order valence-corrected chi connectivity index (χ0v) is 13.2. The summed E-state index contributed by atoms with van der Waals surface area (Å²) in [5.74, 6) is 0. The average molecular weight is 267 g/mol. The predicted octanol–water partition coefficient (Wildman–Crippen LogP) is 2.18. The molecule has 0 unspecified atom stereocenters. The number of hydrogen-bond donors (Lipinski definition) is 1. The maximum Gasteiger partial charge on any atom is 0.0113 e. The first kappa shape index (κ1) is 15.3. The monoisotopic (exact) mass is 267 g/mol. The van der Waals surface area contributed by atoms with Crippen molar-refractivity contribution in [3.63, 3.8) is 0 Å². The molecular formula is C16H33N3. The van der Waals surface area contributed by atoms with E-state index in [4.69, 9.17) is 0 Å². The minimum atomic E-state index is 0.567. The zero-order valence-electron chi connectivity index (χ0n) is 13.2. The van der Waals surface area contributed by atoms with Crippen LogP contribution in [0, 0.1) is 5.41 Å². The van der Waals surface area contributed by atoms with E-state index in [2.05, 4.69) is 36.3 Å². The summed E-state index contributed by atoms with van der Waals surface area (Å²) >= 11 is 0. The second-order valence-electron chi connectivity index (χ2n) is 7.06. The third-order valence-corrected chi connectivity index (χ3v) is 5.31. The first-order valence-electron chi connectivity index (χ1n) is 8.19. The average Bonchev–Trinajstić information content (AvgIpc) is 2.40. The van der Waals surface area contributed by atoms with Crippen LogP contribution in [0.1, 0.15) is 44.9 Å². The molecule has 1 N–H and O–H groups in total. The van der Waals surface area contributed by atoms with E-state index in [1.807, 2.05) is 0 Å². The Hall–Kier alpha value is -0.120. The van der Waals surface area contributed by atoms with Gasteiger partial charge in [-0.15, -0.1) is 0 Å². The maximum atomic E-state index is 3.46. The summed E-state index contributed by atoms with van der Waals surface area (Å²) in [7, 11) is 6.57. The van der Waals surface area contributed by atoms with Gasteiger partial charge in [-0.1, -0.05) is 19.3 Å². The van der Waals surface area contributed by atoms with Gasteiger partial charge in [0.2, 0.25) is 0 Å². The number of likely N-dealkylation sites (tertiary alicyclic amines) is 1. The minimum absolute atomic E-state index is 0.567. The smallest absolute Gasteiger partial charge is 0.0113 e. The molecule has 3 nitrogen and oxygen atoms in total. The van der Waals surface area contributed by atoms with E-state index in [1.54, 1.807) is 0 Å². The molecule has 0 radical (unpaired) electrons. The van der Waals surface area contributed by atoms with Crippen molar-refractivity contribution >= 4 is 0 Å². The van der Waals surface area contributed by atoms with Crippen LogP contribution in [0.25, 0.3) is 0 Å². The molecule has 1 heterocycles. The number of nitrogens with one attached hydrogen (secondary N) is 1. The zero-order chi connectivity index (χ0) is 13.7. The molecule has 2 fully saturated rings. The van der Waals surface area contributed by atoms with Crippen LogP contribution in [0.3, 0.4) is 0 Å². The number of nitrogens with zero attached hydrogens (tertiary/aromatic N) is 2. The highest BCUT2D eigenvalue weighted by molar-refractivity contribution is 4.89. The van der Waals surface area contributed by atoms with Gasteiger partial charge in [0.25, 0.3) is 0 Å². The second kappa shape index (κ2) is 7.05. The normalized spacial score (nSPS) is 25.9. The molecule has 0 spiro atoms. The Morgan fingerprint density at radius 2 is 1.74 bits per heavy atom. The molecule has 0 amide bonds. The Kier molecular flexibility index (Phi) is 5.67. The van der Waals surface area contributed by atoms with Crippen molar-refractivity contribution in [2.24, 2.45) is 5.41 Å². The summed E-state index contributed by atoms with van der Waals surface area (Å²) in [6.45, 7) is 5.14. The van der Waals surface area contributed by atoms with Gasteiger partial charge in [0.05, 0.1) is 0 Å². The Bertz CT molecular complexity index is 245. The SMILES string of the molecule is CNCC1(CN2CCC(N(C)C)CC2)CCCCC1. The number of hydrogen-bond acceptors (Lipinski definition) is 3. The molecule has 0 bridgehead atoms. The quantitative estimate of drug-likeness (QED) is 0.824. The molecule has 3 heteroatoms. The molecule has 1 aliphatic carbocycles. The van der Waals surface area contributed by atoms with Gasteiger partial charge < -0.3 is 15.1 Å². The van der Waals surface area contributed by atoms with Crippen LogP contribution in [0.15, 0.2) is 0 Å². The number of piperidine rings is 1. The van der Waals surface area contributed by atoms with Gasteiger partial charge in [-0.3, -0.25) is 0 Å². The molecule has 1 aliphatic heterocycles. The van der Waals surface area contributed by atoms with Crippen molar-refractivity contribution in [3.05, 3.63) is 0 Å². The standard InChI is InChI=1S/C16H33N3/c1-17-13-16(9-5-4-6-10-16)14-19-11-7-15(8-12-19)18(2)3/h15,17H,4-14H2,1-3H3. The summed E-state index contributed by atoms with van der Waals surface area (Å²) in [6.07, 6.45) is 9.90. The van der Waals surface area contributed by atoms with E-state index >= 15 is 0 Å². The summed E-state index contributed by atoms with van der Waals surface area (Å²) in [4.78, 5) is 5.14. The minimum Gasteiger partial charge on any atom is -0.319 e. The van der Waals surface area contributed by atoms with Crippen LogP contribution in [0.2, 0.25) is 0 Å². The fourth-order valence-corrected chi connectivity index (χ4v) is 4.14. The molecular weight excluding hydrogens is 234 g/mol. The lowest BCUT2D eigenvalue weighted by Gasteiger charge is -2.44. The summed E-state index contributed by atoms with van der Waals surface area (Å²) in [5, 5.41) is 3.46. The first-order chi connectivity index (χ1) is 9.15. The van der Waals surface area contributed by atoms with Gasteiger partial charge in [-0.2, -0.15) is 0 Å². The van der Waals surface area contributed by atoms with Crippen LogP contribution in [-0.2, 0) is 0 Å². The van der Waals surface area contributed by atoms with Gasteiger partial charge in [0.15, 0.2) is 0 Å². The van der Waals surface area contributed by atoms with Crippen molar-refractivity contribution < 1.29 is 0 Å². The van der Waals surface area contributed by atoms with Crippen molar-refractivity contribution in [1.29, 1.82) is 0 Å². The van der Waals surface area contributed by atoms with Crippen LogP contribution < -0.4 is 5.32 Å². The van der Waals surface area contributed by atoms with E-state index in [-0.39, 0.29) is 0 Å². The van der Waals surface area contributed by atoms with Crippen molar-refractivity contribution in [2.75, 3.05) is 47.3 Å². The Morgan fingerprint density at radius 3 is 2.26 bits per heavy atom. The topological polar surface area (TPSA) is 18.5 Å². The molecule has 2 aliphatic rings. The van der Waals surface area contributed by atoms with Crippen LogP contribution in [-0.4, -0.2) is 63.2 Å². The Balaban J connectivity index is 1.85. The van der Waals surface area contributed by atoms with E-state index in [0.29, 0.717) is 5.41 Å². The molecule has 112 valence electrons. The second-order valence-corrected chi connectivity index (χ2v) is 7.06.